The number of aryl methyl sites for hydroxylation is 1. The summed E-state index contributed by atoms with van der Waals surface area (Å²) < 4.78 is 0. The first-order chi connectivity index (χ1) is 11.1. The lowest BCUT2D eigenvalue weighted by molar-refractivity contribution is -0.132. The molecule has 2 heterocycles. The van der Waals surface area contributed by atoms with Crippen molar-refractivity contribution in [2.75, 3.05) is 19.8 Å². The first-order valence-corrected chi connectivity index (χ1v) is 8.49. The summed E-state index contributed by atoms with van der Waals surface area (Å²) in [4.78, 5) is 28.6. The fraction of sp³-hybridized carbons (Fsp3) is 0.556. The van der Waals surface area contributed by atoms with E-state index in [9.17, 15) is 9.59 Å². The van der Waals surface area contributed by atoms with E-state index in [0.717, 1.165) is 32.4 Å². The van der Waals surface area contributed by atoms with Gasteiger partial charge in [0.15, 0.2) is 0 Å². The minimum atomic E-state index is -0.789. The monoisotopic (exact) mass is 315 g/mol. The molecule has 5 heteroatoms. The number of urea groups is 1. The fourth-order valence-electron chi connectivity index (χ4n) is 3.38. The maximum absolute atomic E-state index is 12.7. The zero-order valence-electron chi connectivity index (χ0n) is 13.8. The quantitative estimate of drug-likeness (QED) is 0.849. The van der Waals surface area contributed by atoms with Crippen molar-refractivity contribution in [2.45, 2.75) is 44.6 Å². The van der Waals surface area contributed by atoms with E-state index in [1.807, 2.05) is 25.1 Å². The number of hydrogen-bond donors (Lipinski definition) is 1. The van der Waals surface area contributed by atoms with Crippen LogP contribution >= 0.6 is 0 Å². The number of amides is 3. The average Bonchev–Trinajstić information content (AvgIpc) is 2.79. The highest BCUT2D eigenvalue weighted by Crippen LogP contribution is 2.24. The van der Waals surface area contributed by atoms with Crippen LogP contribution in [-0.4, -0.2) is 47.0 Å². The molecule has 2 aliphatic heterocycles. The first-order valence-electron chi connectivity index (χ1n) is 8.49. The molecule has 1 N–H and O–H groups in total. The van der Waals surface area contributed by atoms with Crippen LogP contribution in [0.1, 0.15) is 38.2 Å². The van der Waals surface area contributed by atoms with Crippen LogP contribution in [0.25, 0.3) is 0 Å². The van der Waals surface area contributed by atoms with Crippen molar-refractivity contribution in [1.29, 1.82) is 0 Å². The lowest BCUT2D eigenvalue weighted by Gasteiger charge is -2.29. The highest BCUT2D eigenvalue weighted by atomic mass is 16.2. The Bertz CT molecular complexity index is 569. The van der Waals surface area contributed by atoms with Crippen LogP contribution in [0.15, 0.2) is 30.3 Å². The number of nitrogens with one attached hydrogen (secondary N) is 1. The molecule has 0 spiro atoms. The molecular weight excluding hydrogens is 290 g/mol. The number of rotatable bonds is 5. The Labute approximate surface area is 137 Å². The third-order valence-electron chi connectivity index (χ3n) is 4.89. The van der Waals surface area contributed by atoms with E-state index < -0.39 is 5.54 Å². The van der Waals surface area contributed by atoms with Gasteiger partial charge in [-0.15, -0.1) is 0 Å². The molecule has 124 valence electrons. The Morgan fingerprint density at radius 1 is 1.09 bits per heavy atom. The molecule has 2 saturated heterocycles. The summed E-state index contributed by atoms with van der Waals surface area (Å²) in [6.45, 7) is 4.20. The highest BCUT2D eigenvalue weighted by Gasteiger charge is 2.47. The normalized spacial score (nSPS) is 25.7. The van der Waals surface area contributed by atoms with Crippen LogP contribution in [-0.2, 0) is 11.2 Å². The third-order valence-corrected chi connectivity index (χ3v) is 4.89. The molecule has 0 bridgehead atoms. The first kappa shape index (κ1) is 16.0. The predicted octanol–water partition coefficient (Wildman–Crippen LogP) is 2.37. The minimum Gasteiger partial charge on any atom is -0.323 e. The van der Waals surface area contributed by atoms with Crippen molar-refractivity contribution in [3.8, 4) is 0 Å². The molecule has 2 aliphatic rings. The number of benzene rings is 1. The molecule has 1 aromatic carbocycles. The number of imide groups is 1. The molecule has 0 aromatic heterocycles. The largest absolute Gasteiger partial charge is 0.326 e. The fourth-order valence-corrected chi connectivity index (χ4v) is 3.38. The zero-order chi connectivity index (χ0) is 16.3. The molecule has 1 aromatic rings. The van der Waals surface area contributed by atoms with Gasteiger partial charge in [-0.2, -0.15) is 0 Å². The Morgan fingerprint density at radius 2 is 1.78 bits per heavy atom. The van der Waals surface area contributed by atoms with Crippen LogP contribution in [0.4, 0.5) is 4.79 Å². The molecular formula is C18H25N3O2. The third kappa shape index (κ3) is 3.55. The Balaban J connectivity index is 1.62. The summed E-state index contributed by atoms with van der Waals surface area (Å²) in [6, 6.07) is 9.82. The van der Waals surface area contributed by atoms with Gasteiger partial charge in [0, 0.05) is 0 Å². The van der Waals surface area contributed by atoms with Crippen molar-refractivity contribution >= 4 is 11.9 Å². The number of likely N-dealkylation sites (tertiary alicyclic amines) is 1. The van der Waals surface area contributed by atoms with Crippen molar-refractivity contribution in [3.63, 3.8) is 0 Å². The second-order valence-corrected chi connectivity index (χ2v) is 6.80. The topological polar surface area (TPSA) is 52.7 Å². The number of nitrogens with zero attached hydrogens (tertiary/aromatic N) is 2. The molecule has 5 nitrogen and oxygen atoms in total. The molecule has 1 atom stereocenters. The summed E-state index contributed by atoms with van der Waals surface area (Å²) >= 11 is 0. The van der Waals surface area contributed by atoms with E-state index >= 15 is 0 Å². The van der Waals surface area contributed by atoms with Crippen molar-refractivity contribution in [2.24, 2.45) is 0 Å². The number of piperidine rings is 1. The Kier molecular flexibility index (Phi) is 4.66. The standard InChI is InChI=1S/C18H25N3O2/c1-18(11-10-15-8-4-2-5-9-15)16(22)21(17(23)19-18)14-20-12-6-3-7-13-20/h2,4-5,8-9H,3,6-7,10-14H2,1H3,(H,19,23)/t18-/m1/s1. The van der Waals surface area contributed by atoms with Crippen LogP contribution in [0, 0.1) is 0 Å². The SMILES string of the molecule is C[C@]1(CCc2ccccc2)NC(=O)N(CN2CCCCC2)C1=O. The summed E-state index contributed by atoms with van der Waals surface area (Å²) in [5.74, 6) is -0.0935. The molecule has 2 fully saturated rings. The molecule has 0 radical (unpaired) electrons. The summed E-state index contributed by atoms with van der Waals surface area (Å²) in [5.41, 5.74) is 0.396. The Hall–Kier alpha value is -1.88. The van der Waals surface area contributed by atoms with Crippen molar-refractivity contribution in [1.82, 2.24) is 15.1 Å². The van der Waals surface area contributed by atoms with Crippen LogP contribution in [0.5, 0.6) is 0 Å². The van der Waals surface area contributed by atoms with Gasteiger partial charge in [-0.25, -0.2) is 9.69 Å². The summed E-state index contributed by atoms with van der Waals surface area (Å²) in [7, 11) is 0. The van der Waals surface area contributed by atoms with Gasteiger partial charge in [0.25, 0.3) is 5.91 Å². The van der Waals surface area contributed by atoms with Crippen molar-refractivity contribution in [3.05, 3.63) is 35.9 Å². The maximum atomic E-state index is 12.7. The summed E-state index contributed by atoms with van der Waals surface area (Å²) in [6.07, 6.45) is 4.94. The molecule has 0 aliphatic carbocycles. The lowest BCUT2D eigenvalue weighted by Crippen LogP contribution is -2.46. The van der Waals surface area contributed by atoms with Gasteiger partial charge in [-0.05, 0) is 51.3 Å². The van der Waals surface area contributed by atoms with E-state index in [4.69, 9.17) is 0 Å². The highest BCUT2D eigenvalue weighted by molar-refractivity contribution is 6.06. The maximum Gasteiger partial charge on any atom is 0.326 e. The van der Waals surface area contributed by atoms with Gasteiger partial charge in [-0.1, -0.05) is 36.8 Å². The van der Waals surface area contributed by atoms with Gasteiger partial charge in [0.2, 0.25) is 0 Å². The molecule has 23 heavy (non-hydrogen) atoms. The van der Waals surface area contributed by atoms with Gasteiger partial charge in [0.1, 0.15) is 5.54 Å². The number of carbonyl (C=O) groups excluding carboxylic acids is 2. The summed E-state index contributed by atoms with van der Waals surface area (Å²) in [5, 5.41) is 2.90. The van der Waals surface area contributed by atoms with E-state index in [1.165, 1.54) is 16.9 Å². The molecule has 3 rings (SSSR count). The van der Waals surface area contributed by atoms with Crippen LogP contribution in [0.2, 0.25) is 0 Å². The zero-order valence-corrected chi connectivity index (χ0v) is 13.8. The second kappa shape index (κ2) is 6.71. The van der Waals surface area contributed by atoms with E-state index in [2.05, 4.69) is 22.3 Å². The van der Waals surface area contributed by atoms with Crippen LogP contribution < -0.4 is 5.32 Å². The Morgan fingerprint density at radius 3 is 2.48 bits per heavy atom. The predicted molar refractivity (Wildman–Crippen MR) is 88.8 cm³/mol. The minimum absolute atomic E-state index is 0.0935. The number of carbonyl (C=O) groups is 2. The van der Waals surface area contributed by atoms with E-state index in [-0.39, 0.29) is 11.9 Å². The molecule has 3 amide bonds. The molecule has 0 unspecified atom stereocenters. The van der Waals surface area contributed by atoms with E-state index in [1.54, 1.807) is 0 Å². The number of hydrogen-bond acceptors (Lipinski definition) is 3. The smallest absolute Gasteiger partial charge is 0.323 e. The average molecular weight is 315 g/mol. The second-order valence-electron chi connectivity index (χ2n) is 6.80. The van der Waals surface area contributed by atoms with Gasteiger partial charge in [0.05, 0.1) is 6.67 Å². The van der Waals surface area contributed by atoms with Gasteiger partial charge < -0.3 is 5.32 Å². The van der Waals surface area contributed by atoms with E-state index in [0.29, 0.717) is 13.1 Å². The molecule has 0 saturated carbocycles. The van der Waals surface area contributed by atoms with Gasteiger partial charge >= 0.3 is 6.03 Å². The lowest BCUT2D eigenvalue weighted by atomic mass is 9.93. The van der Waals surface area contributed by atoms with Crippen LogP contribution in [0.3, 0.4) is 0 Å². The van der Waals surface area contributed by atoms with Crippen molar-refractivity contribution < 1.29 is 9.59 Å². The van der Waals surface area contributed by atoms with Gasteiger partial charge in [-0.3, -0.25) is 9.69 Å².